The number of carbonyl (C=O) groups is 1. The Morgan fingerprint density at radius 2 is 1.27 bits per heavy atom. The van der Waals surface area contributed by atoms with Crippen molar-refractivity contribution in [3.63, 3.8) is 0 Å². The third-order valence-corrected chi connectivity index (χ3v) is 3.34. The molecule has 0 aromatic heterocycles. The molecular weight excluding hydrogens is 482 g/mol. The average Bonchev–Trinajstić information content (AvgIpc) is 2.49. The number of carboxylic acids is 1. The van der Waals surface area contributed by atoms with E-state index < -0.39 is 16.4 Å². The topological polar surface area (TPSA) is 112 Å². The van der Waals surface area contributed by atoms with E-state index in [0.29, 0.717) is 6.42 Å². The molecule has 0 aliphatic heterocycles. The average molecular weight is 518 g/mol. The molecule has 0 aromatic carbocycles. The molecule has 26 heavy (non-hydrogen) atoms. The summed E-state index contributed by atoms with van der Waals surface area (Å²) in [7, 11) is -4.67. The van der Waals surface area contributed by atoms with Crippen molar-refractivity contribution in [1.29, 1.82) is 0 Å². The predicted molar refractivity (Wildman–Crippen MR) is 109 cm³/mol. The van der Waals surface area contributed by atoms with Crippen LogP contribution in [-0.2, 0) is 15.2 Å². The van der Waals surface area contributed by atoms with Crippen LogP contribution in [0.5, 0.6) is 0 Å². The van der Waals surface area contributed by atoms with Crippen molar-refractivity contribution in [3.8, 4) is 0 Å². The summed E-state index contributed by atoms with van der Waals surface area (Å²) >= 11 is 0. The summed E-state index contributed by atoms with van der Waals surface area (Å²) < 4.78 is 31.6. The monoisotopic (exact) mass is 518 g/mol. The van der Waals surface area contributed by atoms with Gasteiger partial charge in [-0.25, -0.2) is 0 Å². The van der Waals surface area contributed by atoms with Crippen LogP contribution in [0.15, 0.2) is 24.3 Å². The van der Waals surface area contributed by atoms with Gasteiger partial charge in [0.05, 0.1) is 0 Å². The molecule has 152 valence electrons. The molecule has 0 amide bonds. The van der Waals surface area contributed by atoms with Crippen LogP contribution in [0.3, 0.4) is 0 Å². The smallest absolute Gasteiger partial charge is 1.00 e. The summed E-state index contributed by atoms with van der Waals surface area (Å²) in [5, 5.41) is 8.50. The van der Waals surface area contributed by atoms with Gasteiger partial charge in [-0.3, -0.25) is 13.9 Å². The van der Waals surface area contributed by atoms with E-state index in [4.69, 9.17) is 22.6 Å². The number of unbranched alkanes of at least 4 members (excludes halogenated alkanes) is 8. The minimum absolute atomic E-state index is 0. The fourth-order valence-corrected chi connectivity index (χ4v) is 2.09. The number of aliphatic carboxylic acids is 1. The number of rotatable bonds is 14. The summed E-state index contributed by atoms with van der Waals surface area (Å²) in [6.45, 7) is 2.23. The van der Waals surface area contributed by atoms with E-state index in [1.807, 2.05) is 0 Å². The second-order valence-corrected chi connectivity index (χ2v) is 6.72. The van der Waals surface area contributed by atoms with Gasteiger partial charge in [-0.15, -0.1) is 0 Å². The van der Waals surface area contributed by atoms with E-state index in [-0.39, 0.29) is 51.7 Å². The molecule has 3 N–H and O–H groups in total. The molecule has 0 radical (unpaired) electrons. The number of hydrogen-bond donors (Lipinski definition) is 3. The fourth-order valence-electron chi connectivity index (χ4n) is 2.09. The summed E-state index contributed by atoms with van der Waals surface area (Å²) in [6.07, 6.45) is 22.3. The molecule has 0 rings (SSSR count). The zero-order valence-electron chi connectivity index (χ0n) is 18.0. The molecular formula is C18H36BaO6S. The largest absolute Gasteiger partial charge is 2.00 e. The van der Waals surface area contributed by atoms with E-state index in [1.165, 1.54) is 44.9 Å². The molecule has 0 saturated heterocycles. The van der Waals surface area contributed by atoms with Gasteiger partial charge in [0.15, 0.2) is 0 Å². The summed E-state index contributed by atoms with van der Waals surface area (Å²) in [5.74, 6) is -0.671. The van der Waals surface area contributed by atoms with Crippen LogP contribution in [0, 0.1) is 0 Å². The molecule has 0 aliphatic carbocycles. The van der Waals surface area contributed by atoms with Gasteiger partial charge < -0.3 is 7.96 Å². The third-order valence-electron chi connectivity index (χ3n) is 3.34. The Balaban J connectivity index is -0.000000195. The summed E-state index contributed by atoms with van der Waals surface area (Å²) in [5.41, 5.74) is 0. The standard InChI is InChI=1S/C18H32O2.Ba.H2O4S.2H/c1-2-3-4-5-6-7-8-9-10-11-12-13-14-15-16-17-18(19)20;;1-5(2,3)4;;/h6-7,9-10H,2-5,8,11-17H2,1H3,(H,19,20);;(H2,1,2,3,4);;/q;+2;;2*-1/b7-6-,10-9-;;;;. The van der Waals surface area contributed by atoms with E-state index >= 15 is 0 Å². The van der Waals surface area contributed by atoms with Crippen molar-refractivity contribution >= 4 is 65.2 Å². The van der Waals surface area contributed by atoms with Gasteiger partial charge in [0.25, 0.3) is 0 Å². The minimum atomic E-state index is -4.67. The van der Waals surface area contributed by atoms with Gasteiger partial charge in [-0.2, -0.15) is 8.42 Å². The van der Waals surface area contributed by atoms with Crippen molar-refractivity contribution in [2.45, 2.75) is 84.0 Å². The zero-order chi connectivity index (χ0) is 19.4. The van der Waals surface area contributed by atoms with E-state index in [9.17, 15) is 4.79 Å². The SMILES string of the molecule is CCCCC/C=C\C/C=C\CCCCCCCC(=O)O.O=S(=O)(O)O.[Ba+2].[H-].[H-]. The Bertz CT molecular complexity index is 463. The molecule has 8 heteroatoms. The molecule has 0 aliphatic rings. The number of allylic oxidation sites excluding steroid dienone is 4. The van der Waals surface area contributed by atoms with Crippen molar-refractivity contribution in [2.75, 3.05) is 0 Å². The van der Waals surface area contributed by atoms with Gasteiger partial charge in [0, 0.05) is 6.42 Å². The predicted octanol–water partition coefficient (Wildman–Crippen LogP) is 5.08. The first kappa shape index (κ1) is 31.1. The van der Waals surface area contributed by atoms with Crippen molar-refractivity contribution < 1.29 is 30.3 Å². The van der Waals surface area contributed by atoms with Gasteiger partial charge in [-0.1, -0.05) is 63.3 Å². The second kappa shape index (κ2) is 23.4. The Kier molecular flexibility index (Phi) is 28.0. The van der Waals surface area contributed by atoms with Crippen molar-refractivity contribution in [3.05, 3.63) is 24.3 Å². The molecule has 0 bridgehead atoms. The molecule has 0 unspecified atom stereocenters. The quantitative estimate of drug-likeness (QED) is 0.128. The molecule has 0 spiro atoms. The summed E-state index contributed by atoms with van der Waals surface area (Å²) in [4.78, 5) is 10.3. The van der Waals surface area contributed by atoms with Gasteiger partial charge in [0.2, 0.25) is 0 Å². The Morgan fingerprint density at radius 1 is 0.846 bits per heavy atom. The van der Waals surface area contributed by atoms with E-state index in [0.717, 1.165) is 25.7 Å². The van der Waals surface area contributed by atoms with Crippen LogP contribution >= 0.6 is 0 Å². The Hall–Kier alpha value is 0.391. The number of hydrogen-bond acceptors (Lipinski definition) is 3. The van der Waals surface area contributed by atoms with E-state index in [1.54, 1.807) is 0 Å². The second-order valence-electron chi connectivity index (χ2n) is 5.82. The molecule has 0 aromatic rings. The third kappa shape index (κ3) is 44.1. The Labute approximate surface area is 202 Å². The Morgan fingerprint density at radius 3 is 1.73 bits per heavy atom. The first-order chi connectivity index (χ1) is 11.8. The van der Waals surface area contributed by atoms with Crippen molar-refractivity contribution in [2.24, 2.45) is 0 Å². The van der Waals surface area contributed by atoms with Crippen LogP contribution < -0.4 is 0 Å². The first-order valence-corrected chi connectivity index (χ1v) is 10.4. The maximum absolute atomic E-state index is 10.3. The zero-order valence-corrected chi connectivity index (χ0v) is 21.2. The molecule has 0 saturated carbocycles. The van der Waals surface area contributed by atoms with Crippen LogP contribution in [0.25, 0.3) is 0 Å². The van der Waals surface area contributed by atoms with Crippen LogP contribution in [-0.4, -0.2) is 77.5 Å². The van der Waals surface area contributed by atoms with Crippen LogP contribution in [0.2, 0.25) is 0 Å². The summed E-state index contributed by atoms with van der Waals surface area (Å²) in [6, 6.07) is 0. The molecule has 6 nitrogen and oxygen atoms in total. The van der Waals surface area contributed by atoms with Crippen LogP contribution in [0.4, 0.5) is 0 Å². The first-order valence-electron chi connectivity index (χ1n) is 8.99. The maximum atomic E-state index is 10.3. The minimum Gasteiger partial charge on any atom is -1.00 e. The maximum Gasteiger partial charge on any atom is 2.00 e. The van der Waals surface area contributed by atoms with Gasteiger partial charge in [0.1, 0.15) is 0 Å². The van der Waals surface area contributed by atoms with Crippen LogP contribution in [0.1, 0.15) is 86.8 Å². The van der Waals surface area contributed by atoms with Gasteiger partial charge in [-0.05, 0) is 38.5 Å². The fraction of sp³-hybridized carbons (Fsp3) is 0.722. The molecule has 0 fully saturated rings. The van der Waals surface area contributed by atoms with Crippen molar-refractivity contribution in [1.82, 2.24) is 0 Å². The normalized spacial score (nSPS) is 11.2. The van der Waals surface area contributed by atoms with Gasteiger partial charge >= 0.3 is 65.2 Å². The molecule has 0 heterocycles. The van der Waals surface area contributed by atoms with E-state index in [2.05, 4.69) is 31.2 Å². The number of carboxylic acid groups (broad SMARTS) is 1. The molecule has 0 atom stereocenters.